The Kier molecular flexibility index (Phi) is 3.12. The summed E-state index contributed by atoms with van der Waals surface area (Å²) in [5.41, 5.74) is 8.46. The molecule has 1 saturated carbocycles. The van der Waals surface area contributed by atoms with Crippen molar-refractivity contribution in [3.63, 3.8) is 0 Å². The molecule has 0 bridgehead atoms. The lowest BCUT2D eigenvalue weighted by Crippen LogP contribution is -2.44. The maximum Gasteiger partial charge on any atom is 0.322 e. The lowest BCUT2D eigenvalue weighted by molar-refractivity contribution is 0.229. The lowest BCUT2D eigenvalue weighted by Gasteiger charge is -2.34. The van der Waals surface area contributed by atoms with Gasteiger partial charge < -0.3 is 15.6 Å². The van der Waals surface area contributed by atoms with Crippen LogP contribution in [0.25, 0.3) is 11.5 Å². The normalized spacial score (nSPS) is 19.6. The van der Waals surface area contributed by atoms with Crippen LogP contribution in [-0.4, -0.2) is 29.3 Å². The van der Waals surface area contributed by atoms with E-state index in [0.29, 0.717) is 24.8 Å². The summed E-state index contributed by atoms with van der Waals surface area (Å²) in [4.78, 5) is 18.1. The molecule has 23 heavy (non-hydrogen) atoms. The summed E-state index contributed by atoms with van der Waals surface area (Å²) in [6, 6.07) is 5.67. The van der Waals surface area contributed by atoms with E-state index in [1.807, 2.05) is 25.1 Å². The molecule has 1 saturated heterocycles. The van der Waals surface area contributed by atoms with E-state index in [-0.39, 0.29) is 6.03 Å². The molecular formula is C16H19N5O2. The smallest absolute Gasteiger partial charge is 0.322 e. The van der Waals surface area contributed by atoms with Crippen LogP contribution in [-0.2, 0) is 5.54 Å². The van der Waals surface area contributed by atoms with Gasteiger partial charge in [0.25, 0.3) is 5.89 Å². The van der Waals surface area contributed by atoms with E-state index < -0.39 is 5.54 Å². The number of urea groups is 1. The highest BCUT2D eigenvalue weighted by Crippen LogP contribution is 2.38. The molecule has 2 amide bonds. The van der Waals surface area contributed by atoms with Crippen LogP contribution in [0.5, 0.6) is 0 Å². The van der Waals surface area contributed by atoms with Gasteiger partial charge in [-0.2, -0.15) is 4.98 Å². The Bertz CT molecular complexity index is 766. The molecule has 0 radical (unpaired) electrons. The van der Waals surface area contributed by atoms with Gasteiger partial charge in [-0.25, -0.2) is 4.79 Å². The molecule has 1 aliphatic carbocycles. The maximum atomic E-state index is 11.9. The topological polar surface area (TPSA) is 97.3 Å². The highest BCUT2D eigenvalue weighted by Gasteiger charge is 2.39. The SMILES string of the molecule is Cc1c(-c2nc(C3(N)CCC3)no2)cccc1N1CCNC1=O. The highest BCUT2D eigenvalue weighted by atomic mass is 16.5. The standard InChI is InChI=1S/C16H19N5O2/c1-10-11(4-2-5-12(10)21-9-8-18-15(21)22)13-19-14(20-23-13)16(17)6-3-7-16/h2,4-5H,3,6-9,17H2,1H3,(H,18,22). The van der Waals surface area contributed by atoms with Crippen molar-refractivity contribution < 1.29 is 9.32 Å². The van der Waals surface area contributed by atoms with Crippen LogP contribution in [0.4, 0.5) is 10.5 Å². The minimum absolute atomic E-state index is 0.0770. The molecule has 7 heteroatoms. The maximum absolute atomic E-state index is 11.9. The van der Waals surface area contributed by atoms with Gasteiger partial charge in [0, 0.05) is 24.3 Å². The van der Waals surface area contributed by atoms with E-state index in [9.17, 15) is 4.79 Å². The van der Waals surface area contributed by atoms with Crippen molar-refractivity contribution in [3.8, 4) is 11.5 Å². The van der Waals surface area contributed by atoms with E-state index in [0.717, 1.165) is 36.1 Å². The summed E-state index contributed by atoms with van der Waals surface area (Å²) in [5.74, 6) is 1.03. The van der Waals surface area contributed by atoms with E-state index in [4.69, 9.17) is 10.3 Å². The zero-order chi connectivity index (χ0) is 16.0. The number of carbonyl (C=O) groups is 1. The number of carbonyl (C=O) groups excluding carboxylic acids is 1. The second-order valence-corrected chi connectivity index (χ2v) is 6.27. The van der Waals surface area contributed by atoms with Gasteiger partial charge >= 0.3 is 6.03 Å². The number of nitrogens with zero attached hydrogens (tertiary/aromatic N) is 3. The van der Waals surface area contributed by atoms with Crippen LogP contribution in [0.3, 0.4) is 0 Å². The first kappa shape index (κ1) is 14.2. The monoisotopic (exact) mass is 313 g/mol. The van der Waals surface area contributed by atoms with E-state index in [1.54, 1.807) is 4.90 Å². The molecule has 0 spiro atoms. The molecule has 1 aromatic carbocycles. The van der Waals surface area contributed by atoms with Gasteiger partial charge in [0.1, 0.15) is 0 Å². The van der Waals surface area contributed by atoms with Gasteiger partial charge in [-0.1, -0.05) is 11.2 Å². The number of nitrogens with two attached hydrogens (primary N) is 1. The number of amides is 2. The fourth-order valence-corrected chi connectivity index (χ4v) is 3.17. The Morgan fingerprint density at radius 3 is 2.87 bits per heavy atom. The van der Waals surface area contributed by atoms with Crippen LogP contribution in [0.1, 0.15) is 30.7 Å². The van der Waals surface area contributed by atoms with Crippen LogP contribution in [0, 0.1) is 6.92 Å². The zero-order valence-electron chi connectivity index (χ0n) is 13.0. The molecule has 2 aliphatic rings. The van der Waals surface area contributed by atoms with Crippen molar-refractivity contribution in [2.45, 2.75) is 31.7 Å². The predicted octanol–water partition coefficient (Wildman–Crippen LogP) is 1.91. The van der Waals surface area contributed by atoms with Crippen molar-refractivity contribution in [1.29, 1.82) is 0 Å². The second-order valence-electron chi connectivity index (χ2n) is 6.27. The van der Waals surface area contributed by atoms with Gasteiger partial charge in [0.05, 0.1) is 5.54 Å². The molecule has 2 heterocycles. The van der Waals surface area contributed by atoms with Crippen LogP contribution < -0.4 is 16.0 Å². The number of rotatable bonds is 3. The Morgan fingerprint density at radius 2 is 2.22 bits per heavy atom. The van der Waals surface area contributed by atoms with Gasteiger partial charge in [0.2, 0.25) is 0 Å². The lowest BCUT2D eigenvalue weighted by atomic mass is 9.77. The number of anilines is 1. The molecule has 7 nitrogen and oxygen atoms in total. The number of hydrogen-bond donors (Lipinski definition) is 2. The van der Waals surface area contributed by atoms with Crippen LogP contribution in [0.15, 0.2) is 22.7 Å². The van der Waals surface area contributed by atoms with Crippen LogP contribution in [0.2, 0.25) is 0 Å². The largest absolute Gasteiger partial charge is 0.336 e. The summed E-state index contributed by atoms with van der Waals surface area (Å²) in [6.07, 6.45) is 2.87. The van der Waals surface area contributed by atoms with E-state index in [2.05, 4.69) is 15.5 Å². The Balaban J connectivity index is 1.71. The summed E-state index contributed by atoms with van der Waals surface area (Å²) < 4.78 is 5.44. The van der Waals surface area contributed by atoms with Crippen LogP contribution >= 0.6 is 0 Å². The second kappa shape index (κ2) is 5.06. The van der Waals surface area contributed by atoms with Crippen molar-refractivity contribution in [1.82, 2.24) is 15.5 Å². The average Bonchev–Trinajstić information content (AvgIpc) is 3.14. The average molecular weight is 313 g/mol. The summed E-state index contributed by atoms with van der Waals surface area (Å²) in [5, 5.41) is 6.88. The fourth-order valence-electron chi connectivity index (χ4n) is 3.17. The van der Waals surface area contributed by atoms with Crippen molar-refractivity contribution in [2.24, 2.45) is 5.73 Å². The van der Waals surface area contributed by atoms with Crippen molar-refractivity contribution >= 4 is 11.7 Å². The third-order valence-corrected chi connectivity index (χ3v) is 4.80. The predicted molar refractivity (Wildman–Crippen MR) is 84.9 cm³/mol. The molecule has 120 valence electrons. The molecule has 2 fully saturated rings. The molecule has 0 unspecified atom stereocenters. The summed E-state index contributed by atoms with van der Waals surface area (Å²) in [6.45, 7) is 3.27. The fraction of sp³-hybridized carbons (Fsp3) is 0.438. The van der Waals surface area contributed by atoms with Gasteiger partial charge in [-0.15, -0.1) is 0 Å². The first-order valence-electron chi connectivity index (χ1n) is 7.87. The summed E-state index contributed by atoms with van der Waals surface area (Å²) in [7, 11) is 0. The molecule has 1 aromatic heterocycles. The summed E-state index contributed by atoms with van der Waals surface area (Å²) >= 11 is 0. The van der Waals surface area contributed by atoms with Gasteiger partial charge in [-0.3, -0.25) is 4.90 Å². The zero-order valence-corrected chi connectivity index (χ0v) is 13.0. The minimum Gasteiger partial charge on any atom is -0.336 e. The third-order valence-electron chi connectivity index (χ3n) is 4.80. The molecule has 1 aliphatic heterocycles. The highest BCUT2D eigenvalue weighted by molar-refractivity contribution is 5.95. The first-order chi connectivity index (χ1) is 11.1. The molecule has 2 aromatic rings. The quantitative estimate of drug-likeness (QED) is 0.902. The van der Waals surface area contributed by atoms with Crippen molar-refractivity contribution in [2.75, 3.05) is 18.0 Å². The van der Waals surface area contributed by atoms with Crippen molar-refractivity contribution in [3.05, 3.63) is 29.6 Å². The molecular weight excluding hydrogens is 294 g/mol. The molecule has 3 N–H and O–H groups in total. The number of benzene rings is 1. The Morgan fingerprint density at radius 1 is 1.39 bits per heavy atom. The minimum atomic E-state index is -0.442. The van der Waals surface area contributed by atoms with Gasteiger partial charge in [-0.05, 0) is 43.9 Å². The van der Waals surface area contributed by atoms with Gasteiger partial charge in [0.15, 0.2) is 5.82 Å². The number of aromatic nitrogens is 2. The first-order valence-corrected chi connectivity index (χ1v) is 7.87. The van der Waals surface area contributed by atoms with E-state index in [1.165, 1.54) is 0 Å². The number of hydrogen-bond acceptors (Lipinski definition) is 5. The number of nitrogens with one attached hydrogen (secondary N) is 1. The van der Waals surface area contributed by atoms with E-state index >= 15 is 0 Å². The molecule has 4 rings (SSSR count). The third kappa shape index (κ3) is 2.19. The Labute approximate surface area is 133 Å². The Hall–Kier alpha value is -2.41. The molecule has 0 atom stereocenters.